The lowest BCUT2D eigenvalue weighted by Crippen LogP contribution is -2.35. The number of carboxylic acids is 1. The maximum atomic E-state index is 11.9. The van der Waals surface area contributed by atoms with Gasteiger partial charge in [0.05, 0.1) is 12.0 Å². The predicted molar refractivity (Wildman–Crippen MR) is 81.8 cm³/mol. The second kappa shape index (κ2) is 5.82. The van der Waals surface area contributed by atoms with Crippen LogP contribution in [0.25, 0.3) is 0 Å². The highest BCUT2D eigenvalue weighted by atomic mass is 16.5. The first-order valence-corrected chi connectivity index (χ1v) is 7.61. The third-order valence-electron chi connectivity index (χ3n) is 4.86. The summed E-state index contributed by atoms with van der Waals surface area (Å²) < 4.78 is 5.07. The Morgan fingerprint density at radius 3 is 2.24 bits per heavy atom. The molecule has 0 unspecified atom stereocenters. The Labute approximate surface area is 127 Å². The molecule has 0 amide bonds. The number of hydrogen-bond donors (Lipinski definition) is 1. The van der Waals surface area contributed by atoms with Crippen LogP contribution in [0, 0.1) is 22.2 Å². The normalized spacial score (nSPS) is 27.6. The third kappa shape index (κ3) is 2.85. The van der Waals surface area contributed by atoms with Crippen molar-refractivity contribution >= 4 is 11.9 Å². The number of carbonyl (C=O) groups is 2. The van der Waals surface area contributed by atoms with Crippen LogP contribution in [0.3, 0.4) is 0 Å². The van der Waals surface area contributed by atoms with E-state index in [1.807, 2.05) is 41.5 Å². The molecule has 0 aliphatic heterocycles. The molecule has 0 radical (unpaired) electrons. The van der Waals surface area contributed by atoms with Crippen molar-refractivity contribution in [1.82, 2.24) is 0 Å². The van der Waals surface area contributed by atoms with Crippen LogP contribution in [0.1, 0.15) is 54.4 Å². The van der Waals surface area contributed by atoms with Crippen LogP contribution in [0.5, 0.6) is 0 Å². The highest BCUT2D eigenvalue weighted by molar-refractivity contribution is 5.85. The SMILES string of the molecule is CCCCOC(=O)/C=C\[C@H]1C(C)(C)[C@]1(C(=O)O)C(C)(C)C. The maximum Gasteiger partial charge on any atom is 0.330 e. The van der Waals surface area contributed by atoms with Gasteiger partial charge in [0.2, 0.25) is 0 Å². The molecule has 2 atom stereocenters. The number of ether oxygens (including phenoxy) is 1. The number of carbonyl (C=O) groups excluding carboxylic acids is 1. The molecule has 0 bridgehead atoms. The monoisotopic (exact) mass is 296 g/mol. The summed E-state index contributed by atoms with van der Waals surface area (Å²) in [5.41, 5.74) is -1.61. The summed E-state index contributed by atoms with van der Waals surface area (Å²) in [5.74, 6) is -1.35. The quantitative estimate of drug-likeness (QED) is 0.461. The van der Waals surface area contributed by atoms with Crippen LogP contribution in [-0.4, -0.2) is 23.7 Å². The summed E-state index contributed by atoms with van der Waals surface area (Å²) in [4.78, 5) is 23.5. The van der Waals surface area contributed by atoms with E-state index in [1.54, 1.807) is 6.08 Å². The Bertz CT molecular complexity index is 442. The molecule has 0 aromatic heterocycles. The standard InChI is InChI=1S/C17H28O4/c1-7-8-11-21-13(18)10-9-12-16(5,6)17(12,14(19)20)15(2,3)4/h9-10,12H,7-8,11H2,1-6H3,(H,19,20)/b10-9-/t12-,17+/m0/s1. The van der Waals surface area contributed by atoms with Crippen molar-refractivity contribution < 1.29 is 19.4 Å². The van der Waals surface area contributed by atoms with Gasteiger partial charge in [0.1, 0.15) is 0 Å². The van der Waals surface area contributed by atoms with Crippen molar-refractivity contribution in [2.45, 2.75) is 54.4 Å². The molecule has 0 heterocycles. The number of hydrogen-bond acceptors (Lipinski definition) is 3. The van der Waals surface area contributed by atoms with E-state index in [0.29, 0.717) is 6.61 Å². The van der Waals surface area contributed by atoms with Crippen molar-refractivity contribution in [3.8, 4) is 0 Å². The van der Waals surface area contributed by atoms with Crippen LogP contribution >= 0.6 is 0 Å². The Morgan fingerprint density at radius 2 is 1.86 bits per heavy atom. The molecule has 4 heteroatoms. The van der Waals surface area contributed by atoms with E-state index in [-0.39, 0.29) is 22.7 Å². The topological polar surface area (TPSA) is 63.6 Å². The van der Waals surface area contributed by atoms with Crippen LogP contribution in [0.2, 0.25) is 0 Å². The minimum absolute atomic E-state index is 0.166. The molecule has 0 aromatic carbocycles. The van der Waals surface area contributed by atoms with E-state index in [0.717, 1.165) is 12.8 Å². The van der Waals surface area contributed by atoms with Crippen molar-refractivity contribution in [3.63, 3.8) is 0 Å². The van der Waals surface area contributed by atoms with Gasteiger partial charge in [0.25, 0.3) is 0 Å². The summed E-state index contributed by atoms with van der Waals surface area (Å²) in [6.07, 6.45) is 4.92. The van der Waals surface area contributed by atoms with Gasteiger partial charge in [0, 0.05) is 12.0 Å². The van der Waals surface area contributed by atoms with E-state index in [2.05, 4.69) is 0 Å². The zero-order chi connectivity index (χ0) is 16.5. The second-order valence-electron chi connectivity index (χ2n) is 7.44. The number of aliphatic carboxylic acids is 1. The lowest BCUT2D eigenvalue weighted by atomic mass is 9.72. The van der Waals surface area contributed by atoms with Gasteiger partial charge in [-0.15, -0.1) is 0 Å². The summed E-state index contributed by atoms with van der Waals surface area (Å²) >= 11 is 0. The molecule has 0 saturated heterocycles. The molecule has 1 N–H and O–H groups in total. The largest absolute Gasteiger partial charge is 0.481 e. The van der Waals surface area contributed by atoms with Gasteiger partial charge in [-0.2, -0.15) is 0 Å². The molecule has 1 aliphatic carbocycles. The Hall–Kier alpha value is -1.32. The summed E-state index contributed by atoms with van der Waals surface area (Å²) in [6, 6.07) is 0. The molecule has 0 spiro atoms. The molecular formula is C17H28O4. The van der Waals surface area contributed by atoms with Gasteiger partial charge in [0.15, 0.2) is 0 Å². The maximum absolute atomic E-state index is 11.9. The molecule has 1 saturated carbocycles. The molecule has 1 fully saturated rings. The van der Waals surface area contributed by atoms with Gasteiger partial charge in [-0.05, 0) is 17.3 Å². The van der Waals surface area contributed by atoms with E-state index in [4.69, 9.17) is 4.74 Å². The molecule has 4 nitrogen and oxygen atoms in total. The predicted octanol–water partition coefficient (Wildman–Crippen LogP) is 3.66. The Balaban J connectivity index is 2.85. The molecule has 1 rings (SSSR count). The van der Waals surface area contributed by atoms with Crippen molar-refractivity contribution in [2.75, 3.05) is 6.61 Å². The number of esters is 1. The average Bonchev–Trinajstić information content (AvgIpc) is 2.84. The smallest absolute Gasteiger partial charge is 0.330 e. The highest BCUT2D eigenvalue weighted by Crippen LogP contribution is 2.76. The van der Waals surface area contributed by atoms with E-state index >= 15 is 0 Å². The van der Waals surface area contributed by atoms with Gasteiger partial charge in [-0.25, -0.2) is 4.79 Å². The number of rotatable bonds is 6. The summed E-state index contributed by atoms with van der Waals surface area (Å²) in [7, 11) is 0. The van der Waals surface area contributed by atoms with Crippen LogP contribution in [0.4, 0.5) is 0 Å². The molecule has 0 aromatic rings. The van der Waals surface area contributed by atoms with Crippen molar-refractivity contribution in [2.24, 2.45) is 22.2 Å². The Kier molecular flexibility index (Phi) is 4.91. The molecular weight excluding hydrogens is 268 g/mol. The number of unbranched alkanes of at least 4 members (excludes halogenated alkanes) is 1. The van der Waals surface area contributed by atoms with Crippen molar-refractivity contribution in [1.29, 1.82) is 0 Å². The van der Waals surface area contributed by atoms with Gasteiger partial charge in [-0.1, -0.05) is 54.0 Å². The van der Waals surface area contributed by atoms with Gasteiger partial charge < -0.3 is 9.84 Å². The van der Waals surface area contributed by atoms with E-state index in [9.17, 15) is 14.7 Å². The fourth-order valence-electron chi connectivity index (χ4n) is 3.89. The highest BCUT2D eigenvalue weighted by Gasteiger charge is 2.79. The Morgan fingerprint density at radius 1 is 1.29 bits per heavy atom. The van der Waals surface area contributed by atoms with Crippen LogP contribution in [-0.2, 0) is 14.3 Å². The first-order valence-electron chi connectivity index (χ1n) is 7.61. The first-order chi connectivity index (χ1) is 9.53. The third-order valence-corrected chi connectivity index (χ3v) is 4.86. The molecule has 21 heavy (non-hydrogen) atoms. The fourth-order valence-corrected chi connectivity index (χ4v) is 3.89. The summed E-state index contributed by atoms with van der Waals surface area (Å²) in [5, 5.41) is 9.73. The number of carboxylic acid groups (broad SMARTS) is 1. The first kappa shape index (κ1) is 17.7. The van der Waals surface area contributed by atoms with Crippen LogP contribution in [0.15, 0.2) is 12.2 Å². The fraction of sp³-hybridized carbons (Fsp3) is 0.765. The lowest BCUT2D eigenvalue weighted by molar-refractivity contribution is -0.150. The molecule has 120 valence electrons. The lowest BCUT2D eigenvalue weighted by Gasteiger charge is -2.30. The van der Waals surface area contributed by atoms with Gasteiger partial charge >= 0.3 is 11.9 Å². The zero-order valence-corrected chi connectivity index (χ0v) is 14.0. The van der Waals surface area contributed by atoms with E-state index in [1.165, 1.54) is 6.08 Å². The van der Waals surface area contributed by atoms with Gasteiger partial charge in [-0.3, -0.25) is 4.79 Å². The number of allylic oxidation sites excluding steroid dienone is 1. The second-order valence-corrected chi connectivity index (χ2v) is 7.44. The average molecular weight is 296 g/mol. The molecule has 1 aliphatic rings. The van der Waals surface area contributed by atoms with E-state index < -0.39 is 11.4 Å². The van der Waals surface area contributed by atoms with Crippen molar-refractivity contribution in [3.05, 3.63) is 12.2 Å². The minimum atomic E-state index is -0.847. The minimum Gasteiger partial charge on any atom is -0.481 e. The zero-order valence-electron chi connectivity index (χ0n) is 14.0. The summed E-state index contributed by atoms with van der Waals surface area (Å²) in [6.45, 7) is 12.2. The van der Waals surface area contributed by atoms with Crippen LogP contribution < -0.4 is 0 Å².